The highest BCUT2D eigenvalue weighted by Crippen LogP contribution is 2.57. The Hall–Kier alpha value is -10.7. The third-order valence-corrected chi connectivity index (χ3v) is 32.9. The molecule has 14 aromatic carbocycles. The Labute approximate surface area is 884 Å². The lowest BCUT2D eigenvalue weighted by Crippen LogP contribution is -3.00. The third kappa shape index (κ3) is 16.8. The molecule has 3 saturated carbocycles. The second-order valence-corrected chi connectivity index (χ2v) is 41.7. The maximum atomic E-state index is 9.44. The lowest BCUT2D eigenvalue weighted by Gasteiger charge is -2.27. The number of likely N-dealkylation sites (N-methyl/N-ethyl adjacent to an activating group) is 1. The fraction of sp³-hybridized carbons (Fsp3) is 0.286. The molecule has 3 aliphatic carbocycles. The molecule has 6 unspecified atom stereocenters. The molecule has 0 bridgehead atoms. The first-order chi connectivity index (χ1) is 65.5. The van der Waals surface area contributed by atoms with Crippen molar-refractivity contribution in [3.63, 3.8) is 0 Å². The summed E-state index contributed by atoms with van der Waals surface area (Å²) in [5.74, 6) is 1.97. The number of fused-ring (bicyclic) bond motifs is 22. The lowest BCUT2D eigenvalue weighted by molar-refractivity contribution is -0.401. The quantitative estimate of drug-likeness (QED) is 0.0923. The summed E-state index contributed by atoms with van der Waals surface area (Å²) in [6, 6.07) is 107. The van der Waals surface area contributed by atoms with E-state index in [1.807, 2.05) is 12.1 Å². The molecule has 1 N–H and O–H groups in total. The first-order valence-corrected chi connectivity index (χ1v) is 49.9. The second-order valence-electron chi connectivity index (χ2n) is 41.7. The molecule has 7 aliphatic heterocycles. The van der Waals surface area contributed by atoms with Gasteiger partial charge >= 0.3 is 0 Å². The van der Waals surface area contributed by atoms with Crippen molar-refractivity contribution in [3.05, 3.63) is 376 Å². The summed E-state index contributed by atoms with van der Waals surface area (Å²) in [5, 5.41) is 20.1. The average molecular weight is 2230 g/mol. The van der Waals surface area contributed by atoms with Crippen LogP contribution in [0.4, 0.5) is 51.2 Å². The molecular formula is C126H128BrI3N8O. The molecule has 0 spiro atoms. The highest BCUT2D eigenvalue weighted by molar-refractivity contribution is 6.14. The average Bonchev–Trinajstić information content (AvgIpc) is 1.60. The number of halogens is 4. The van der Waals surface area contributed by atoms with E-state index in [-0.39, 0.29) is 117 Å². The summed E-state index contributed by atoms with van der Waals surface area (Å²) < 4.78 is 11.9. The van der Waals surface area contributed by atoms with E-state index in [0.29, 0.717) is 23.9 Å². The van der Waals surface area contributed by atoms with Crippen LogP contribution < -0.4 is 104 Å². The molecule has 139 heavy (non-hydrogen) atoms. The maximum Gasteiger partial charge on any atom is 0.210 e. The van der Waals surface area contributed by atoms with Gasteiger partial charge in [0.15, 0.2) is 22.8 Å². The summed E-state index contributed by atoms with van der Waals surface area (Å²) in [4.78, 5) is 7.79. The van der Waals surface area contributed by atoms with E-state index < -0.39 is 0 Å². The van der Waals surface area contributed by atoms with Crippen LogP contribution in [0.25, 0.3) is 78.4 Å². The SMILES string of the molecule is CCN1c2ccc(/C=C/C3=[N+](C)c4ccc5ccccc5c4C3(C)C)cc2C2CCCC21.CCn1c2ccccc2c2cc(/C=C/C3=[N+](C)c4ccc5ccccc5c4C3(C)C)ccc21.C[N+]1=C(/C=C/c2ccc3c(c2)C2CCCC2N3c2ccc(CO)cc2)C(C)(C)c2ccccc21.C[N+]1=C(/C=C/c2ccc3c(c2)C2CCCC2N3c2ccccc2)C(C)(C)c2c1ccc1ccccc21.[Br-].[I-].[I-].[I-]. The van der Waals surface area contributed by atoms with Crippen molar-refractivity contribution in [2.45, 2.75) is 198 Å². The summed E-state index contributed by atoms with van der Waals surface area (Å²) in [6.45, 7) is 25.5. The van der Waals surface area contributed by atoms with Gasteiger partial charge < -0.3 is 113 Å². The van der Waals surface area contributed by atoms with Gasteiger partial charge in [-0.15, -0.1) is 0 Å². The van der Waals surface area contributed by atoms with Crippen molar-refractivity contribution in [3.8, 4) is 0 Å². The molecule has 0 radical (unpaired) electrons. The summed E-state index contributed by atoms with van der Waals surface area (Å²) in [5.41, 5.74) is 36.2. The molecule has 25 rings (SSSR count). The van der Waals surface area contributed by atoms with Crippen molar-refractivity contribution in [1.29, 1.82) is 0 Å². The van der Waals surface area contributed by atoms with Crippen LogP contribution in [0.2, 0.25) is 0 Å². The topological polar surface area (TPSA) is 46.9 Å². The summed E-state index contributed by atoms with van der Waals surface area (Å²) >= 11 is 0. The van der Waals surface area contributed by atoms with E-state index >= 15 is 0 Å². The van der Waals surface area contributed by atoms with Crippen molar-refractivity contribution in [1.82, 2.24) is 4.57 Å². The lowest BCUT2D eigenvalue weighted by atomic mass is 9.79. The third-order valence-electron chi connectivity index (χ3n) is 32.9. The van der Waals surface area contributed by atoms with Gasteiger partial charge in [0.25, 0.3) is 0 Å². The fourth-order valence-electron chi connectivity index (χ4n) is 26.6. The Morgan fingerprint density at radius 1 is 0.317 bits per heavy atom. The van der Waals surface area contributed by atoms with Gasteiger partial charge in [-0.05, 0) is 306 Å². The first kappa shape index (κ1) is 98.5. The van der Waals surface area contributed by atoms with Crippen molar-refractivity contribution < 1.29 is 112 Å². The molecule has 13 heteroatoms. The molecule has 0 saturated heterocycles. The number of hydrogen-bond acceptors (Lipinski definition) is 4. The smallest absolute Gasteiger partial charge is 0.210 e. The molecule has 15 aromatic rings. The molecular weight excluding hydrogens is 2100 g/mol. The number of nitrogens with zero attached hydrogens (tertiary/aromatic N) is 8. The number of rotatable bonds is 13. The van der Waals surface area contributed by atoms with Gasteiger partial charge in [0.05, 0.1) is 28.3 Å². The van der Waals surface area contributed by atoms with E-state index in [1.54, 1.807) is 5.56 Å². The molecule has 8 heterocycles. The van der Waals surface area contributed by atoms with Gasteiger partial charge in [-0.1, -0.05) is 183 Å². The van der Waals surface area contributed by atoms with Crippen molar-refractivity contribution in [2.75, 3.05) is 49.4 Å². The van der Waals surface area contributed by atoms with Crippen LogP contribution in [0.3, 0.4) is 0 Å². The Morgan fingerprint density at radius 2 is 0.676 bits per heavy atom. The molecule has 6 atom stereocenters. The largest absolute Gasteiger partial charge is 1.00 e. The number of aromatic nitrogens is 1. The number of allylic oxidation sites excluding steroid dienone is 4. The number of hydrogen-bond donors (Lipinski definition) is 1. The summed E-state index contributed by atoms with van der Waals surface area (Å²) in [7, 11) is 8.80. The predicted octanol–water partition coefficient (Wildman–Crippen LogP) is 17.8. The zero-order valence-corrected chi connectivity index (χ0v) is 90.8. The van der Waals surface area contributed by atoms with Crippen LogP contribution in [0.5, 0.6) is 0 Å². The minimum atomic E-state index is -0.0657. The van der Waals surface area contributed by atoms with E-state index in [1.165, 1.54) is 242 Å². The van der Waals surface area contributed by atoms with Crippen LogP contribution in [0, 0.1) is 0 Å². The van der Waals surface area contributed by atoms with Gasteiger partial charge in [-0.2, -0.15) is 18.3 Å². The number of aryl methyl sites for hydroxylation is 1. The zero-order valence-electron chi connectivity index (χ0n) is 82.7. The molecule has 3 fully saturated rings. The van der Waals surface area contributed by atoms with Gasteiger partial charge in [0.2, 0.25) is 22.7 Å². The number of para-hydroxylation sites is 3. The predicted molar refractivity (Wildman–Crippen MR) is 572 cm³/mol. The maximum absolute atomic E-state index is 9.44. The van der Waals surface area contributed by atoms with Gasteiger partial charge in [0.1, 0.15) is 28.2 Å². The Morgan fingerprint density at radius 3 is 1.12 bits per heavy atom. The Kier molecular flexibility index (Phi) is 27.9. The van der Waals surface area contributed by atoms with Crippen LogP contribution in [-0.2, 0) is 34.8 Å². The Balaban J connectivity index is 0.000000122. The van der Waals surface area contributed by atoms with Gasteiger partial charge in [0, 0.05) is 170 Å². The Bertz CT molecular complexity index is 7610. The fourth-order valence-corrected chi connectivity index (χ4v) is 26.6. The van der Waals surface area contributed by atoms with Crippen molar-refractivity contribution in [2.24, 2.45) is 0 Å². The number of benzene rings is 14. The minimum Gasteiger partial charge on any atom is -1.00 e. The summed E-state index contributed by atoms with van der Waals surface area (Å²) in [6.07, 6.45) is 30.3. The van der Waals surface area contributed by atoms with Gasteiger partial charge in [-0.25, -0.2) is 0 Å². The van der Waals surface area contributed by atoms with Crippen LogP contribution >= 0.6 is 0 Å². The minimum absolute atomic E-state index is 0. The highest BCUT2D eigenvalue weighted by Gasteiger charge is 2.50. The van der Waals surface area contributed by atoms with Crippen molar-refractivity contribution >= 4 is 152 Å². The molecule has 9 nitrogen and oxygen atoms in total. The number of anilines is 5. The highest BCUT2D eigenvalue weighted by atomic mass is 127. The van der Waals surface area contributed by atoms with Gasteiger partial charge in [-0.3, -0.25) is 0 Å². The van der Waals surface area contributed by atoms with E-state index in [2.05, 4.69) is 457 Å². The molecule has 0 amide bonds. The van der Waals surface area contributed by atoms with Crippen LogP contribution in [0.15, 0.2) is 309 Å². The molecule has 706 valence electrons. The van der Waals surface area contributed by atoms with E-state index in [9.17, 15) is 5.11 Å². The zero-order chi connectivity index (χ0) is 92.7. The molecule has 1 aromatic heterocycles. The normalized spacial score (nSPS) is 20.2. The molecule has 10 aliphatic rings. The monoisotopic (exact) mass is 2230 g/mol. The standard InChI is InChI=1S/C34H33N2.C31H33N2O.C31H29N2.C30H33N2.BrH.3HI/c1-34(2)32(35(3)31-20-18-24-10-7-8-13-26(24)33(31)34)21-17-23-16-19-30-28(22-23)27-14-9-15-29(27)36(30)25-11-5-4-6-12-25;1-31(2)26-8-4-5-9-29(26)32(3)30(31)18-14-21-13-17-28-25(19-21)24-7-6-10-27(24)33(28)23-15-11-22(20-34)12-16-23;1-5-33-26-13-9-8-12-24(26)25-20-21(14-17-27(25)33)15-19-29-31(2,3)30-23-11-7-6-10-22(23)16-18-28(30)32(29)4;1-5-32-25-12-8-11-23(25)24-19-20(13-16-26(24)32)14-18-28-30(2,3)29-22-10-7-6-9-21(22)15-17-27(29)31(28)4;;;;/h4-8,10-13,16-22,27,29H,9,14-15H2,1-3H3;4-5,8-9,11-19,24,27,34H,6-7,10,20H2,1-3H3;6-20H,5H2,1-4H3;6-7,9-10,13-19,23,25H,5,8,11-12H2,1-4H3;4*1H/q4*+1;;;;/p-4. The van der Waals surface area contributed by atoms with Crippen LogP contribution in [-0.4, -0.2) is 104 Å². The number of aliphatic hydroxyl groups is 1. The van der Waals surface area contributed by atoms with E-state index in [4.69, 9.17) is 0 Å². The number of aliphatic hydroxyl groups excluding tert-OH is 1. The van der Waals surface area contributed by atoms with E-state index in [0.717, 1.165) is 30.6 Å². The van der Waals surface area contributed by atoms with Crippen LogP contribution in [0.1, 0.15) is 212 Å². The second kappa shape index (κ2) is 39.3. The first-order valence-electron chi connectivity index (χ1n) is 49.9.